The van der Waals surface area contributed by atoms with E-state index in [1.165, 1.54) is 0 Å². The fourth-order valence-corrected chi connectivity index (χ4v) is 5.44. The highest BCUT2D eigenvalue weighted by atomic mass is 79.9. The van der Waals surface area contributed by atoms with Crippen LogP contribution in [0.1, 0.15) is 0 Å². The van der Waals surface area contributed by atoms with Gasteiger partial charge < -0.3 is 10.2 Å². The molecule has 166 valence electrons. The quantitative estimate of drug-likeness (QED) is 0.205. The molecule has 0 atom stereocenters. The van der Waals surface area contributed by atoms with Crippen LogP contribution >= 0.6 is 27.3 Å². The molecule has 0 fully saturated rings. The highest BCUT2D eigenvalue weighted by Gasteiger charge is 2.25. The van der Waals surface area contributed by atoms with Crippen LogP contribution in [0.2, 0.25) is 0 Å². The molecular formula is C17H10BrN3O8S3. The van der Waals surface area contributed by atoms with Crippen LogP contribution in [-0.4, -0.2) is 41.1 Å². The molecule has 1 aromatic heterocycles. The number of nitrogens with zero attached hydrogens (tertiary/aromatic N) is 3. The molecule has 0 bridgehead atoms. The van der Waals surface area contributed by atoms with Gasteiger partial charge in [0.2, 0.25) is 5.13 Å². The molecule has 32 heavy (non-hydrogen) atoms. The molecule has 0 saturated carbocycles. The number of aromatic hydroxyl groups is 2. The third-order valence-electron chi connectivity index (χ3n) is 4.25. The minimum absolute atomic E-state index is 0.116. The van der Waals surface area contributed by atoms with E-state index in [0.717, 1.165) is 32.6 Å². The van der Waals surface area contributed by atoms with Gasteiger partial charge in [-0.05, 0) is 35.7 Å². The van der Waals surface area contributed by atoms with Gasteiger partial charge in [0, 0.05) is 10.5 Å². The van der Waals surface area contributed by atoms with Crippen LogP contribution in [0.15, 0.2) is 60.9 Å². The Kier molecular flexibility index (Phi) is 5.43. The topological polar surface area (TPSA) is 187 Å². The second kappa shape index (κ2) is 7.72. The summed E-state index contributed by atoms with van der Waals surface area (Å²) in [6.45, 7) is 0. The van der Waals surface area contributed by atoms with Crippen molar-refractivity contribution in [2.45, 2.75) is 9.79 Å². The van der Waals surface area contributed by atoms with Gasteiger partial charge in [-0.15, -0.1) is 10.2 Å². The van der Waals surface area contributed by atoms with Crippen molar-refractivity contribution in [3.63, 3.8) is 0 Å². The molecule has 0 aliphatic rings. The van der Waals surface area contributed by atoms with E-state index >= 15 is 0 Å². The molecule has 0 unspecified atom stereocenters. The van der Waals surface area contributed by atoms with Gasteiger partial charge in [0.15, 0.2) is 5.75 Å². The second-order valence-electron chi connectivity index (χ2n) is 6.37. The van der Waals surface area contributed by atoms with Gasteiger partial charge >= 0.3 is 0 Å². The highest BCUT2D eigenvalue weighted by Crippen LogP contribution is 2.45. The van der Waals surface area contributed by atoms with Crippen LogP contribution < -0.4 is 0 Å². The Morgan fingerprint density at radius 3 is 2.31 bits per heavy atom. The maximum Gasteiger partial charge on any atom is 0.296 e. The zero-order valence-electron chi connectivity index (χ0n) is 15.3. The average molecular weight is 560 g/mol. The number of thiazole rings is 1. The van der Waals surface area contributed by atoms with E-state index in [0.29, 0.717) is 11.6 Å². The summed E-state index contributed by atoms with van der Waals surface area (Å²) in [6, 6.07) is 7.52. The monoisotopic (exact) mass is 559 g/mol. The van der Waals surface area contributed by atoms with Crippen molar-refractivity contribution in [1.29, 1.82) is 0 Å². The predicted molar refractivity (Wildman–Crippen MR) is 118 cm³/mol. The lowest BCUT2D eigenvalue weighted by molar-refractivity contribution is 0.457. The zero-order chi connectivity index (χ0) is 23.4. The van der Waals surface area contributed by atoms with Gasteiger partial charge in [0.05, 0.1) is 20.5 Å². The summed E-state index contributed by atoms with van der Waals surface area (Å²) in [5, 5.41) is 27.8. The van der Waals surface area contributed by atoms with Gasteiger partial charge in [-0.3, -0.25) is 9.11 Å². The fourth-order valence-electron chi connectivity index (χ4n) is 2.90. The number of phenols is 2. The molecule has 0 aliphatic carbocycles. The first-order valence-corrected chi connectivity index (χ1v) is 12.8. The Balaban J connectivity index is 1.95. The van der Waals surface area contributed by atoms with Crippen molar-refractivity contribution in [2.75, 3.05) is 0 Å². The molecule has 11 nitrogen and oxygen atoms in total. The minimum atomic E-state index is -4.97. The van der Waals surface area contributed by atoms with Crippen LogP contribution in [0.4, 0.5) is 10.8 Å². The first-order valence-electron chi connectivity index (χ1n) is 8.30. The van der Waals surface area contributed by atoms with Crippen LogP contribution in [0.3, 0.4) is 0 Å². The maximum atomic E-state index is 11.9. The summed E-state index contributed by atoms with van der Waals surface area (Å²) < 4.78 is 66.9. The highest BCUT2D eigenvalue weighted by molar-refractivity contribution is 9.10. The molecule has 15 heteroatoms. The summed E-state index contributed by atoms with van der Waals surface area (Å²) in [5.41, 5.74) is -0.101. The summed E-state index contributed by atoms with van der Waals surface area (Å²) in [6.07, 6.45) is 0. The third-order valence-corrected chi connectivity index (χ3v) is 7.35. The molecule has 4 N–H and O–H groups in total. The number of halogens is 1. The van der Waals surface area contributed by atoms with Gasteiger partial charge in [-0.25, -0.2) is 4.98 Å². The summed E-state index contributed by atoms with van der Waals surface area (Å²) in [7, 11) is -9.73. The smallest absolute Gasteiger partial charge is 0.296 e. The largest absolute Gasteiger partial charge is 0.507 e. The Morgan fingerprint density at radius 1 is 0.938 bits per heavy atom. The lowest BCUT2D eigenvalue weighted by Gasteiger charge is -2.11. The Hall–Kier alpha value is -2.69. The van der Waals surface area contributed by atoms with E-state index < -0.39 is 47.2 Å². The number of aromatic nitrogens is 1. The van der Waals surface area contributed by atoms with Crippen molar-refractivity contribution in [3.8, 4) is 11.5 Å². The van der Waals surface area contributed by atoms with Crippen molar-refractivity contribution in [2.24, 2.45) is 10.2 Å². The van der Waals surface area contributed by atoms with E-state index in [-0.39, 0.29) is 15.9 Å². The van der Waals surface area contributed by atoms with Gasteiger partial charge in [0.25, 0.3) is 20.2 Å². The second-order valence-corrected chi connectivity index (χ2v) is 11.1. The molecular weight excluding hydrogens is 550 g/mol. The number of hydrogen-bond donors (Lipinski definition) is 4. The first-order chi connectivity index (χ1) is 14.8. The Labute approximate surface area is 192 Å². The Morgan fingerprint density at radius 2 is 1.66 bits per heavy atom. The van der Waals surface area contributed by atoms with Crippen molar-refractivity contribution in [3.05, 3.63) is 40.9 Å². The summed E-state index contributed by atoms with van der Waals surface area (Å²) in [5.74, 6) is -1.67. The fraction of sp³-hybridized carbons (Fsp3) is 0. The van der Waals surface area contributed by atoms with E-state index in [4.69, 9.17) is 0 Å². The lowest BCUT2D eigenvalue weighted by atomic mass is 10.1. The molecule has 4 rings (SSSR count). The summed E-state index contributed by atoms with van der Waals surface area (Å²) in [4.78, 5) is 2.56. The number of hydrogen-bond acceptors (Lipinski definition) is 10. The minimum Gasteiger partial charge on any atom is -0.507 e. The average Bonchev–Trinajstić information content (AvgIpc) is 3.07. The first kappa shape index (κ1) is 22.5. The van der Waals surface area contributed by atoms with Crippen LogP contribution in [0.5, 0.6) is 11.5 Å². The Bertz CT molecular complexity index is 1660. The standard InChI is InChI=1S/C17H10BrN3O8S3/c18-8-1-2-10-12(5-8)30-17(19-10)21-20-15-13(32(27,28)29)4-7-3-9(31(24,25)26)6-11(22)14(7)16(15)23/h1-6,22-23H,(H,24,25,26)(H,27,28,29). The molecule has 0 spiro atoms. The number of rotatable bonds is 4. The predicted octanol–water partition coefficient (Wildman–Crippen LogP) is 4.53. The lowest BCUT2D eigenvalue weighted by Crippen LogP contribution is -2.01. The molecule has 3 aromatic carbocycles. The molecule has 1 heterocycles. The van der Waals surface area contributed by atoms with Crippen molar-refractivity contribution in [1.82, 2.24) is 4.98 Å². The van der Waals surface area contributed by atoms with Gasteiger partial charge in [0.1, 0.15) is 16.3 Å². The number of phenolic OH excluding ortho intramolecular Hbond substituents is 2. The van der Waals surface area contributed by atoms with E-state index in [9.17, 15) is 36.2 Å². The maximum absolute atomic E-state index is 11.9. The third kappa shape index (κ3) is 4.17. The molecule has 0 aliphatic heterocycles. The van der Waals surface area contributed by atoms with Crippen LogP contribution in [0.25, 0.3) is 21.0 Å². The van der Waals surface area contributed by atoms with Crippen LogP contribution in [0, 0.1) is 0 Å². The number of azo groups is 1. The molecule has 0 saturated heterocycles. The van der Waals surface area contributed by atoms with Gasteiger partial charge in [-0.1, -0.05) is 27.3 Å². The normalized spacial score (nSPS) is 12.8. The molecule has 4 aromatic rings. The zero-order valence-corrected chi connectivity index (χ0v) is 19.4. The summed E-state index contributed by atoms with van der Waals surface area (Å²) >= 11 is 4.45. The van der Waals surface area contributed by atoms with Crippen molar-refractivity contribution < 1.29 is 36.2 Å². The van der Waals surface area contributed by atoms with E-state index in [2.05, 4.69) is 31.1 Å². The van der Waals surface area contributed by atoms with Crippen LogP contribution in [-0.2, 0) is 20.2 Å². The number of fused-ring (bicyclic) bond motifs is 2. The number of benzene rings is 3. The van der Waals surface area contributed by atoms with E-state index in [1.54, 1.807) is 18.2 Å². The van der Waals surface area contributed by atoms with E-state index in [1.807, 2.05) is 0 Å². The SMILES string of the molecule is O=S(=O)(O)c1cc(O)c2c(O)c(N=Nc3nc4ccc(Br)cc4s3)c(S(=O)(=O)O)cc2c1. The van der Waals surface area contributed by atoms with Crippen molar-refractivity contribution >= 4 is 79.3 Å². The van der Waals surface area contributed by atoms with Gasteiger partial charge in [-0.2, -0.15) is 16.8 Å². The molecule has 0 amide bonds. The molecule has 0 radical (unpaired) electrons.